The van der Waals surface area contributed by atoms with Gasteiger partial charge in [0.2, 0.25) is 0 Å². The average molecular weight is 236 g/mol. The Morgan fingerprint density at radius 3 is 2.50 bits per heavy atom. The summed E-state index contributed by atoms with van der Waals surface area (Å²) in [6.07, 6.45) is -0.862. The maximum absolute atomic E-state index is 13.6. The molecule has 1 N–H and O–H groups in total. The van der Waals surface area contributed by atoms with E-state index in [0.717, 1.165) is 15.3 Å². The van der Waals surface area contributed by atoms with Gasteiger partial charge in [-0.2, -0.15) is 0 Å². The predicted molar refractivity (Wildman–Crippen MR) is 64.3 cm³/mol. The van der Waals surface area contributed by atoms with Gasteiger partial charge in [0, 0.05) is 15.3 Å². The number of aliphatic hydroxyl groups excluding tert-OH is 1. The van der Waals surface area contributed by atoms with Crippen LogP contribution in [0.5, 0.6) is 0 Å². The molecule has 0 aliphatic rings. The fourth-order valence-electron chi connectivity index (χ4n) is 1.61. The maximum Gasteiger partial charge on any atom is 0.129 e. The van der Waals surface area contributed by atoms with E-state index in [-0.39, 0.29) is 5.82 Å². The number of halogens is 1. The number of benzene rings is 1. The van der Waals surface area contributed by atoms with Crippen LogP contribution >= 0.6 is 11.3 Å². The second kappa shape index (κ2) is 4.36. The van der Waals surface area contributed by atoms with Gasteiger partial charge in [-0.1, -0.05) is 12.1 Å². The first-order valence-electron chi connectivity index (χ1n) is 5.08. The van der Waals surface area contributed by atoms with Crippen molar-refractivity contribution in [2.24, 2.45) is 0 Å². The van der Waals surface area contributed by atoms with Crippen LogP contribution in [0, 0.1) is 19.7 Å². The van der Waals surface area contributed by atoms with E-state index in [9.17, 15) is 9.50 Å². The smallest absolute Gasteiger partial charge is 0.129 e. The molecule has 1 unspecified atom stereocenters. The predicted octanol–water partition coefficient (Wildman–Crippen LogP) is 3.59. The molecule has 1 heterocycles. The molecule has 0 saturated heterocycles. The highest BCUT2D eigenvalue weighted by Crippen LogP contribution is 2.29. The van der Waals surface area contributed by atoms with E-state index in [1.807, 2.05) is 32.0 Å². The number of rotatable bonds is 2. The molecular formula is C13H13FOS. The molecule has 0 spiro atoms. The van der Waals surface area contributed by atoms with Crippen molar-refractivity contribution >= 4 is 11.3 Å². The second-order valence-electron chi connectivity index (χ2n) is 3.88. The van der Waals surface area contributed by atoms with Gasteiger partial charge < -0.3 is 5.11 Å². The quantitative estimate of drug-likeness (QED) is 0.845. The lowest BCUT2D eigenvalue weighted by Crippen LogP contribution is -2.00. The molecule has 16 heavy (non-hydrogen) atoms. The highest BCUT2D eigenvalue weighted by molar-refractivity contribution is 7.12. The van der Waals surface area contributed by atoms with Crippen LogP contribution in [0.3, 0.4) is 0 Å². The van der Waals surface area contributed by atoms with Crippen LogP contribution in [0.4, 0.5) is 4.39 Å². The summed E-state index contributed by atoms with van der Waals surface area (Å²) in [5.74, 6) is -0.349. The zero-order valence-electron chi connectivity index (χ0n) is 9.20. The molecule has 3 heteroatoms. The summed E-state index contributed by atoms with van der Waals surface area (Å²) in [4.78, 5) is 1.89. The van der Waals surface area contributed by atoms with E-state index in [1.54, 1.807) is 6.07 Å². The summed E-state index contributed by atoms with van der Waals surface area (Å²) in [6.45, 7) is 3.79. The first-order chi connectivity index (χ1) is 7.58. The monoisotopic (exact) mass is 236 g/mol. The number of thiophene rings is 1. The van der Waals surface area contributed by atoms with Crippen LogP contribution in [0.25, 0.3) is 0 Å². The molecule has 0 aliphatic heterocycles. The van der Waals surface area contributed by atoms with Gasteiger partial charge in [-0.25, -0.2) is 4.39 Å². The molecule has 0 aliphatic carbocycles. The van der Waals surface area contributed by atoms with Crippen molar-refractivity contribution in [1.82, 2.24) is 0 Å². The maximum atomic E-state index is 13.6. The van der Waals surface area contributed by atoms with Crippen LogP contribution in [-0.2, 0) is 0 Å². The minimum Gasteiger partial charge on any atom is -0.383 e. The van der Waals surface area contributed by atoms with Gasteiger partial charge in [0.1, 0.15) is 11.9 Å². The molecule has 2 aromatic rings. The number of hydrogen-bond donors (Lipinski definition) is 1. The molecule has 1 atom stereocenters. The first kappa shape index (κ1) is 11.3. The lowest BCUT2D eigenvalue weighted by atomic mass is 10.1. The Hall–Kier alpha value is -1.19. The van der Waals surface area contributed by atoms with E-state index >= 15 is 0 Å². The van der Waals surface area contributed by atoms with E-state index in [4.69, 9.17) is 0 Å². The van der Waals surface area contributed by atoms with Gasteiger partial charge >= 0.3 is 0 Å². The second-order valence-corrected chi connectivity index (χ2v) is 5.20. The van der Waals surface area contributed by atoms with Crippen LogP contribution < -0.4 is 0 Å². The summed E-state index contributed by atoms with van der Waals surface area (Å²) in [6, 6.07) is 8.66. The van der Waals surface area contributed by atoms with Gasteiger partial charge in [0.25, 0.3) is 0 Å². The van der Waals surface area contributed by atoms with Gasteiger partial charge in [-0.05, 0) is 37.6 Å². The Labute approximate surface area is 98.2 Å². The first-order valence-corrected chi connectivity index (χ1v) is 5.90. The summed E-state index contributed by atoms with van der Waals surface area (Å²) in [5.41, 5.74) is 1.20. The highest BCUT2D eigenvalue weighted by atomic mass is 32.1. The number of aliphatic hydroxyl groups is 1. The zero-order valence-corrected chi connectivity index (χ0v) is 10.0. The average Bonchev–Trinajstić information content (AvgIpc) is 2.64. The van der Waals surface area contributed by atoms with Crippen LogP contribution in [0.2, 0.25) is 0 Å². The SMILES string of the molecule is Cc1ccc(C(O)c2ccc(C)s2)c(F)c1. The van der Waals surface area contributed by atoms with E-state index in [1.165, 1.54) is 17.4 Å². The Balaban J connectivity index is 2.37. The van der Waals surface area contributed by atoms with Crippen molar-refractivity contribution in [1.29, 1.82) is 0 Å². The van der Waals surface area contributed by atoms with Crippen molar-refractivity contribution < 1.29 is 9.50 Å². The lowest BCUT2D eigenvalue weighted by molar-refractivity contribution is 0.218. The van der Waals surface area contributed by atoms with Gasteiger partial charge in [0.15, 0.2) is 0 Å². The van der Waals surface area contributed by atoms with E-state index in [0.29, 0.717) is 5.56 Å². The molecule has 0 bridgehead atoms. The van der Waals surface area contributed by atoms with Crippen molar-refractivity contribution in [3.63, 3.8) is 0 Å². The van der Waals surface area contributed by atoms with E-state index < -0.39 is 6.10 Å². The molecule has 2 rings (SSSR count). The Bertz CT molecular complexity index is 504. The standard InChI is InChI=1S/C13H13FOS/c1-8-3-5-10(11(14)7-8)13(15)12-6-4-9(2)16-12/h3-7,13,15H,1-2H3. The third kappa shape index (κ3) is 2.15. The van der Waals surface area contributed by atoms with Crippen LogP contribution in [-0.4, -0.2) is 5.11 Å². The normalized spacial score (nSPS) is 12.8. The molecule has 1 aromatic carbocycles. The third-order valence-corrected chi connectivity index (χ3v) is 3.53. The molecule has 0 amide bonds. The number of hydrogen-bond acceptors (Lipinski definition) is 2. The summed E-state index contributed by atoms with van der Waals surface area (Å²) in [5, 5.41) is 10.0. The fourth-order valence-corrected chi connectivity index (χ4v) is 2.49. The Kier molecular flexibility index (Phi) is 3.08. The Morgan fingerprint density at radius 1 is 1.19 bits per heavy atom. The summed E-state index contributed by atoms with van der Waals surface area (Å²) >= 11 is 1.49. The minimum atomic E-state index is -0.862. The number of aryl methyl sites for hydroxylation is 2. The molecule has 0 saturated carbocycles. The van der Waals surface area contributed by atoms with Crippen molar-refractivity contribution in [3.8, 4) is 0 Å². The highest BCUT2D eigenvalue weighted by Gasteiger charge is 2.16. The molecule has 1 nitrogen and oxygen atoms in total. The van der Waals surface area contributed by atoms with Gasteiger partial charge in [-0.3, -0.25) is 0 Å². The molecule has 1 aromatic heterocycles. The third-order valence-electron chi connectivity index (χ3n) is 2.48. The molecule has 0 radical (unpaired) electrons. The molecule has 0 fully saturated rings. The molecular weight excluding hydrogens is 223 g/mol. The lowest BCUT2D eigenvalue weighted by Gasteiger charge is -2.10. The topological polar surface area (TPSA) is 20.2 Å². The summed E-state index contributed by atoms with van der Waals surface area (Å²) in [7, 11) is 0. The Morgan fingerprint density at radius 2 is 1.94 bits per heavy atom. The zero-order chi connectivity index (χ0) is 11.7. The fraction of sp³-hybridized carbons (Fsp3) is 0.231. The van der Waals surface area contributed by atoms with E-state index in [2.05, 4.69) is 0 Å². The molecule has 84 valence electrons. The largest absolute Gasteiger partial charge is 0.383 e. The minimum absolute atomic E-state index is 0.340. The van der Waals surface area contributed by atoms with Crippen molar-refractivity contribution in [2.75, 3.05) is 0 Å². The van der Waals surface area contributed by atoms with Gasteiger partial charge in [0.05, 0.1) is 0 Å². The van der Waals surface area contributed by atoms with Crippen LogP contribution in [0.15, 0.2) is 30.3 Å². The van der Waals surface area contributed by atoms with Gasteiger partial charge in [-0.15, -0.1) is 11.3 Å². The summed E-state index contributed by atoms with van der Waals surface area (Å²) < 4.78 is 13.6. The van der Waals surface area contributed by atoms with Crippen LogP contribution in [0.1, 0.15) is 27.0 Å². The van der Waals surface area contributed by atoms with Crippen molar-refractivity contribution in [3.05, 3.63) is 57.0 Å². The van der Waals surface area contributed by atoms with Crippen molar-refractivity contribution in [2.45, 2.75) is 20.0 Å².